The van der Waals surface area contributed by atoms with Gasteiger partial charge in [0.2, 0.25) is 5.88 Å². The molecule has 2 heterocycles. The number of fused-ring (bicyclic) bond motifs is 1. The standard InChI is InChI=1S/C20H17N7O2/c1-27(19(28)15-10-6-3-7-11-15)26-25-20-23-17-16(21-13-22-17)18(24-20)29-12-14-8-4-2-5-9-14/h2-11,13H,12H2,1H3,(H,21,22,23,24)/b26-25+. The van der Waals surface area contributed by atoms with Gasteiger partial charge >= 0.3 is 0 Å². The number of aromatic amines is 1. The summed E-state index contributed by atoms with van der Waals surface area (Å²) < 4.78 is 5.82. The zero-order valence-corrected chi connectivity index (χ0v) is 15.6. The number of hydrogen-bond donors (Lipinski definition) is 1. The maximum Gasteiger partial charge on any atom is 0.276 e. The molecule has 0 atom stereocenters. The number of amides is 1. The summed E-state index contributed by atoms with van der Waals surface area (Å²) in [4.78, 5) is 28.0. The molecule has 9 heteroatoms. The molecule has 4 rings (SSSR count). The van der Waals surface area contributed by atoms with Crippen LogP contribution in [0.1, 0.15) is 15.9 Å². The van der Waals surface area contributed by atoms with Gasteiger partial charge in [0.1, 0.15) is 12.1 Å². The Balaban J connectivity index is 1.54. The van der Waals surface area contributed by atoms with Crippen LogP contribution in [0.2, 0.25) is 0 Å². The van der Waals surface area contributed by atoms with Crippen molar-refractivity contribution in [2.24, 2.45) is 10.3 Å². The third-order valence-electron chi connectivity index (χ3n) is 4.04. The molecule has 4 aromatic rings. The van der Waals surface area contributed by atoms with E-state index < -0.39 is 0 Å². The maximum atomic E-state index is 12.4. The van der Waals surface area contributed by atoms with Crippen molar-refractivity contribution in [1.82, 2.24) is 24.9 Å². The van der Waals surface area contributed by atoms with Crippen LogP contribution in [0.5, 0.6) is 5.88 Å². The lowest BCUT2D eigenvalue weighted by Crippen LogP contribution is -2.20. The molecule has 0 unspecified atom stereocenters. The highest BCUT2D eigenvalue weighted by Crippen LogP contribution is 2.23. The number of hydrogen-bond acceptors (Lipinski definition) is 7. The van der Waals surface area contributed by atoms with Crippen molar-refractivity contribution in [3.05, 3.63) is 78.1 Å². The quantitative estimate of drug-likeness (QED) is 0.401. The Kier molecular flexibility index (Phi) is 5.19. The molecule has 29 heavy (non-hydrogen) atoms. The van der Waals surface area contributed by atoms with Crippen LogP contribution in [-0.4, -0.2) is 37.9 Å². The fourth-order valence-corrected chi connectivity index (χ4v) is 2.59. The summed E-state index contributed by atoms with van der Waals surface area (Å²) in [7, 11) is 1.51. The van der Waals surface area contributed by atoms with Gasteiger partial charge in [0.15, 0.2) is 5.65 Å². The van der Waals surface area contributed by atoms with Crippen LogP contribution in [0, 0.1) is 0 Å². The highest BCUT2D eigenvalue weighted by molar-refractivity contribution is 5.93. The number of rotatable bonds is 6. The van der Waals surface area contributed by atoms with Gasteiger partial charge in [0.25, 0.3) is 11.9 Å². The van der Waals surface area contributed by atoms with E-state index in [4.69, 9.17) is 4.74 Å². The molecule has 9 nitrogen and oxygen atoms in total. The molecule has 0 aliphatic heterocycles. The van der Waals surface area contributed by atoms with Crippen LogP contribution in [0.15, 0.2) is 77.3 Å². The highest BCUT2D eigenvalue weighted by atomic mass is 16.5. The zero-order valence-electron chi connectivity index (χ0n) is 15.6. The Labute approximate surface area is 166 Å². The SMILES string of the molecule is CN(/N=N/c1nc(OCc2ccccc2)c2[nH]cnc2n1)C(=O)c1ccccc1. The minimum Gasteiger partial charge on any atom is -0.471 e. The van der Waals surface area contributed by atoms with Crippen LogP contribution in [0.25, 0.3) is 11.2 Å². The van der Waals surface area contributed by atoms with E-state index >= 15 is 0 Å². The van der Waals surface area contributed by atoms with Crippen molar-refractivity contribution in [2.75, 3.05) is 7.05 Å². The van der Waals surface area contributed by atoms with Crippen LogP contribution < -0.4 is 4.74 Å². The fourth-order valence-electron chi connectivity index (χ4n) is 2.59. The normalized spacial score (nSPS) is 11.1. The topological polar surface area (TPSA) is 109 Å². The van der Waals surface area contributed by atoms with Crippen molar-refractivity contribution < 1.29 is 9.53 Å². The summed E-state index contributed by atoms with van der Waals surface area (Å²) in [6.45, 7) is 0.328. The van der Waals surface area contributed by atoms with Crippen LogP contribution >= 0.6 is 0 Å². The molecule has 0 saturated carbocycles. The predicted molar refractivity (Wildman–Crippen MR) is 106 cm³/mol. The largest absolute Gasteiger partial charge is 0.471 e. The van der Waals surface area contributed by atoms with Gasteiger partial charge < -0.3 is 9.72 Å². The van der Waals surface area contributed by atoms with Gasteiger partial charge in [-0.2, -0.15) is 9.97 Å². The zero-order chi connectivity index (χ0) is 20.1. The van der Waals surface area contributed by atoms with Gasteiger partial charge in [-0.1, -0.05) is 58.9 Å². The Morgan fingerprint density at radius 1 is 1.07 bits per heavy atom. The van der Waals surface area contributed by atoms with Crippen molar-refractivity contribution >= 4 is 23.0 Å². The molecule has 2 aromatic heterocycles. The molecule has 0 aliphatic carbocycles. The number of imidazole rings is 1. The number of H-pyrrole nitrogens is 1. The van der Waals surface area contributed by atoms with Crippen LogP contribution in [-0.2, 0) is 6.61 Å². The molecular formula is C20H17N7O2. The van der Waals surface area contributed by atoms with Gasteiger partial charge in [-0.3, -0.25) is 4.79 Å². The van der Waals surface area contributed by atoms with Crippen molar-refractivity contribution in [3.63, 3.8) is 0 Å². The van der Waals surface area contributed by atoms with E-state index in [1.807, 2.05) is 36.4 Å². The number of benzene rings is 2. The molecule has 0 radical (unpaired) electrons. The summed E-state index contributed by atoms with van der Waals surface area (Å²) in [5, 5.41) is 9.01. The third-order valence-corrected chi connectivity index (χ3v) is 4.04. The third kappa shape index (κ3) is 4.24. The average Bonchev–Trinajstić information content (AvgIpc) is 3.25. The first-order valence-electron chi connectivity index (χ1n) is 8.83. The predicted octanol–water partition coefficient (Wildman–Crippen LogP) is 3.70. The van der Waals surface area contributed by atoms with Gasteiger partial charge in [0.05, 0.1) is 6.33 Å². The summed E-state index contributed by atoms with van der Waals surface area (Å²) in [5.41, 5.74) is 2.46. The van der Waals surface area contributed by atoms with E-state index in [2.05, 4.69) is 30.3 Å². The van der Waals surface area contributed by atoms with Crippen LogP contribution in [0.4, 0.5) is 5.95 Å². The number of carbonyl (C=O) groups excluding carboxylic acids is 1. The number of aromatic nitrogens is 4. The summed E-state index contributed by atoms with van der Waals surface area (Å²) in [6, 6.07) is 18.5. The van der Waals surface area contributed by atoms with E-state index in [1.165, 1.54) is 13.4 Å². The second-order valence-corrected chi connectivity index (χ2v) is 6.09. The Bertz CT molecular complexity index is 1140. The van der Waals surface area contributed by atoms with Gasteiger partial charge in [-0.05, 0) is 17.7 Å². The van der Waals surface area contributed by atoms with E-state index in [0.29, 0.717) is 29.2 Å². The molecule has 2 aromatic carbocycles. The lowest BCUT2D eigenvalue weighted by atomic mass is 10.2. The van der Waals surface area contributed by atoms with Crippen molar-refractivity contribution in [3.8, 4) is 5.88 Å². The monoisotopic (exact) mass is 387 g/mol. The summed E-state index contributed by atoms with van der Waals surface area (Å²) in [6.07, 6.45) is 1.50. The van der Waals surface area contributed by atoms with Gasteiger partial charge in [-0.25, -0.2) is 9.99 Å². The Morgan fingerprint density at radius 3 is 2.55 bits per heavy atom. The molecule has 0 aliphatic rings. The number of carbonyl (C=O) groups is 1. The molecule has 144 valence electrons. The maximum absolute atomic E-state index is 12.4. The second-order valence-electron chi connectivity index (χ2n) is 6.09. The smallest absolute Gasteiger partial charge is 0.276 e. The Hall–Kier alpha value is -4.14. The molecular weight excluding hydrogens is 370 g/mol. The molecule has 0 saturated heterocycles. The molecule has 0 spiro atoms. The second kappa shape index (κ2) is 8.26. The number of nitrogens with one attached hydrogen (secondary N) is 1. The molecule has 0 bridgehead atoms. The Morgan fingerprint density at radius 2 is 1.79 bits per heavy atom. The van der Waals surface area contributed by atoms with E-state index in [0.717, 1.165) is 10.6 Å². The molecule has 1 N–H and O–H groups in total. The van der Waals surface area contributed by atoms with E-state index in [-0.39, 0.29) is 11.9 Å². The van der Waals surface area contributed by atoms with E-state index in [1.54, 1.807) is 24.3 Å². The van der Waals surface area contributed by atoms with Crippen LogP contribution in [0.3, 0.4) is 0 Å². The summed E-state index contributed by atoms with van der Waals surface area (Å²) in [5.74, 6) is 0.0541. The molecule has 0 fully saturated rings. The molecule has 1 amide bonds. The van der Waals surface area contributed by atoms with Crippen molar-refractivity contribution in [1.29, 1.82) is 0 Å². The fraction of sp³-hybridized carbons (Fsp3) is 0.100. The highest BCUT2D eigenvalue weighted by Gasteiger charge is 2.13. The van der Waals surface area contributed by atoms with Gasteiger partial charge in [0, 0.05) is 12.6 Å². The van der Waals surface area contributed by atoms with Crippen molar-refractivity contribution in [2.45, 2.75) is 6.61 Å². The lowest BCUT2D eigenvalue weighted by Gasteiger charge is -2.09. The number of nitrogens with zero attached hydrogens (tertiary/aromatic N) is 6. The minimum absolute atomic E-state index is 0.0420. The number of ether oxygens (including phenoxy) is 1. The minimum atomic E-state index is -0.296. The summed E-state index contributed by atoms with van der Waals surface area (Å²) >= 11 is 0. The first kappa shape index (κ1) is 18.2. The van der Waals surface area contributed by atoms with E-state index in [9.17, 15) is 4.79 Å². The first-order valence-corrected chi connectivity index (χ1v) is 8.83. The van der Waals surface area contributed by atoms with Gasteiger partial charge in [-0.15, -0.1) is 0 Å². The lowest BCUT2D eigenvalue weighted by molar-refractivity contribution is 0.0788. The average molecular weight is 387 g/mol. The first-order chi connectivity index (χ1) is 14.2.